The molecule has 3 rings (SSSR count). The van der Waals surface area contributed by atoms with Gasteiger partial charge in [0, 0.05) is 0 Å². The van der Waals surface area contributed by atoms with E-state index in [1.807, 2.05) is 30.3 Å². The zero-order chi connectivity index (χ0) is 16.2. The number of anilines is 1. The molecule has 3 aromatic carbocycles. The Kier molecular flexibility index (Phi) is 4.24. The molecule has 0 aromatic heterocycles. The molecule has 0 spiro atoms. The number of hydrogen-bond donors (Lipinski definition) is 1. The SMILES string of the molecule is Nc1ccc(F)c(-c2ccc(OCc3ccccc3)cc2)c1F. The zero-order valence-electron chi connectivity index (χ0n) is 12.3. The second kappa shape index (κ2) is 6.48. The third-order valence-electron chi connectivity index (χ3n) is 3.51. The maximum absolute atomic E-state index is 14.0. The van der Waals surface area contributed by atoms with Gasteiger partial charge in [0.1, 0.15) is 18.2 Å². The van der Waals surface area contributed by atoms with Crippen LogP contribution in [0.4, 0.5) is 14.5 Å². The third-order valence-corrected chi connectivity index (χ3v) is 3.51. The van der Waals surface area contributed by atoms with Gasteiger partial charge in [-0.1, -0.05) is 42.5 Å². The van der Waals surface area contributed by atoms with Gasteiger partial charge in [-0.25, -0.2) is 8.78 Å². The van der Waals surface area contributed by atoms with Gasteiger partial charge in [-0.3, -0.25) is 0 Å². The van der Waals surface area contributed by atoms with Crippen molar-refractivity contribution in [1.82, 2.24) is 0 Å². The number of benzene rings is 3. The molecular formula is C19H15F2NO. The fourth-order valence-electron chi connectivity index (χ4n) is 2.29. The smallest absolute Gasteiger partial charge is 0.156 e. The van der Waals surface area contributed by atoms with Crippen LogP contribution in [0.25, 0.3) is 11.1 Å². The molecule has 2 nitrogen and oxygen atoms in total. The number of nitrogens with two attached hydrogens (primary N) is 1. The molecule has 0 saturated carbocycles. The Morgan fingerprint density at radius 3 is 2.22 bits per heavy atom. The first-order valence-corrected chi connectivity index (χ1v) is 7.16. The Hall–Kier alpha value is -2.88. The summed E-state index contributed by atoms with van der Waals surface area (Å²) in [6.07, 6.45) is 0. The predicted octanol–water partition coefficient (Wildman–Crippen LogP) is 4.79. The Morgan fingerprint density at radius 2 is 1.52 bits per heavy atom. The lowest BCUT2D eigenvalue weighted by Gasteiger charge is -2.09. The maximum Gasteiger partial charge on any atom is 0.156 e. The van der Waals surface area contributed by atoms with E-state index in [9.17, 15) is 8.78 Å². The van der Waals surface area contributed by atoms with E-state index in [2.05, 4.69) is 0 Å². The highest BCUT2D eigenvalue weighted by molar-refractivity contribution is 5.69. The lowest BCUT2D eigenvalue weighted by molar-refractivity contribution is 0.306. The maximum atomic E-state index is 14.0. The van der Waals surface area contributed by atoms with Crippen molar-refractivity contribution in [3.63, 3.8) is 0 Å². The number of hydrogen-bond acceptors (Lipinski definition) is 2. The number of ether oxygens (including phenoxy) is 1. The summed E-state index contributed by atoms with van der Waals surface area (Å²) < 4.78 is 33.5. The first-order chi connectivity index (χ1) is 11.1. The molecule has 0 bridgehead atoms. The van der Waals surface area contributed by atoms with Crippen molar-refractivity contribution in [3.05, 3.63) is 83.9 Å². The van der Waals surface area contributed by atoms with Gasteiger partial charge in [-0.2, -0.15) is 0 Å². The van der Waals surface area contributed by atoms with Crippen LogP contribution >= 0.6 is 0 Å². The fraction of sp³-hybridized carbons (Fsp3) is 0.0526. The minimum atomic E-state index is -0.747. The Morgan fingerprint density at radius 1 is 0.826 bits per heavy atom. The molecule has 0 amide bonds. The van der Waals surface area contributed by atoms with E-state index in [1.54, 1.807) is 24.3 Å². The van der Waals surface area contributed by atoms with Gasteiger partial charge in [0.25, 0.3) is 0 Å². The molecule has 116 valence electrons. The molecule has 0 heterocycles. The molecule has 0 radical (unpaired) electrons. The molecule has 23 heavy (non-hydrogen) atoms. The monoisotopic (exact) mass is 311 g/mol. The Labute approximate surface area is 133 Å². The molecular weight excluding hydrogens is 296 g/mol. The van der Waals surface area contributed by atoms with Gasteiger partial charge in [0.15, 0.2) is 5.82 Å². The van der Waals surface area contributed by atoms with Crippen LogP contribution in [0, 0.1) is 11.6 Å². The van der Waals surface area contributed by atoms with Crippen molar-refractivity contribution in [2.75, 3.05) is 5.73 Å². The highest BCUT2D eigenvalue weighted by Crippen LogP contribution is 2.30. The van der Waals surface area contributed by atoms with Gasteiger partial charge in [-0.15, -0.1) is 0 Å². The zero-order valence-corrected chi connectivity index (χ0v) is 12.3. The summed E-state index contributed by atoms with van der Waals surface area (Å²) in [5.41, 5.74) is 6.76. The fourth-order valence-corrected chi connectivity index (χ4v) is 2.29. The molecule has 0 aliphatic rings. The van der Waals surface area contributed by atoms with Crippen LogP contribution < -0.4 is 10.5 Å². The number of rotatable bonds is 4. The van der Waals surface area contributed by atoms with Gasteiger partial charge in [0.2, 0.25) is 0 Å². The molecule has 0 fully saturated rings. The van der Waals surface area contributed by atoms with E-state index in [0.29, 0.717) is 17.9 Å². The van der Waals surface area contributed by atoms with Crippen LogP contribution in [-0.2, 0) is 6.61 Å². The van der Waals surface area contributed by atoms with Crippen molar-refractivity contribution < 1.29 is 13.5 Å². The highest BCUT2D eigenvalue weighted by Gasteiger charge is 2.14. The molecule has 4 heteroatoms. The Balaban J connectivity index is 1.79. The summed E-state index contributed by atoms with van der Waals surface area (Å²) in [6, 6.07) is 18.7. The summed E-state index contributed by atoms with van der Waals surface area (Å²) in [5.74, 6) is -0.764. The van der Waals surface area contributed by atoms with E-state index in [1.165, 1.54) is 6.07 Å². The molecule has 0 aliphatic carbocycles. The van der Waals surface area contributed by atoms with Gasteiger partial charge >= 0.3 is 0 Å². The van der Waals surface area contributed by atoms with E-state index in [0.717, 1.165) is 11.6 Å². The van der Waals surface area contributed by atoms with Crippen LogP contribution in [0.15, 0.2) is 66.7 Å². The number of nitrogen functional groups attached to an aromatic ring is 1. The largest absolute Gasteiger partial charge is 0.489 e. The molecule has 0 saturated heterocycles. The minimum Gasteiger partial charge on any atom is -0.489 e. The van der Waals surface area contributed by atoms with Crippen LogP contribution in [0.3, 0.4) is 0 Å². The van der Waals surface area contributed by atoms with Gasteiger partial charge in [0.05, 0.1) is 11.3 Å². The summed E-state index contributed by atoms with van der Waals surface area (Å²) in [7, 11) is 0. The molecule has 0 unspecified atom stereocenters. The quantitative estimate of drug-likeness (QED) is 0.703. The lowest BCUT2D eigenvalue weighted by atomic mass is 10.0. The predicted molar refractivity (Wildman–Crippen MR) is 87.0 cm³/mol. The summed E-state index contributed by atoms with van der Waals surface area (Å²) in [4.78, 5) is 0. The van der Waals surface area contributed by atoms with Crippen molar-refractivity contribution in [3.8, 4) is 16.9 Å². The molecule has 3 aromatic rings. The number of halogens is 2. The average molecular weight is 311 g/mol. The standard InChI is InChI=1S/C19H15F2NO/c20-16-10-11-17(22)19(21)18(16)14-6-8-15(9-7-14)23-12-13-4-2-1-3-5-13/h1-11H,12,22H2. The summed E-state index contributed by atoms with van der Waals surface area (Å²) >= 11 is 0. The van der Waals surface area contributed by atoms with Crippen molar-refractivity contribution in [2.24, 2.45) is 0 Å². The van der Waals surface area contributed by atoms with Crippen LogP contribution in [0.2, 0.25) is 0 Å². The summed E-state index contributed by atoms with van der Waals surface area (Å²) in [5, 5.41) is 0. The molecule has 0 atom stereocenters. The second-order valence-electron chi connectivity index (χ2n) is 5.12. The minimum absolute atomic E-state index is 0.0780. The second-order valence-corrected chi connectivity index (χ2v) is 5.12. The first-order valence-electron chi connectivity index (χ1n) is 7.16. The third kappa shape index (κ3) is 3.31. The van der Waals surface area contributed by atoms with Crippen molar-refractivity contribution in [1.29, 1.82) is 0 Å². The Bertz CT molecular complexity index is 802. The highest BCUT2D eigenvalue weighted by atomic mass is 19.1. The lowest BCUT2D eigenvalue weighted by Crippen LogP contribution is -1.97. The topological polar surface area (TPSA) is 35.2 Å². The summed E-state index contributed by atoms with van der Waals surface area (Å²) in [6.45, 7) is 0.432. The van der Waals surface area contributed by atoms with Crippen molar-refractivity contribution in [2.45, 2.75) is 6.61 Å². The van der Waals surface area contributed by atoms with E-state index in [-0.39, 0.29) is 11.3 Å². The van der Waals surface area contributed by atoms with E-state index in [4.69, 9.17) is 10.5 Å². The van der Waals surface area contributed by atoms with Crippen LogP contribution in [0.1, 0.15) is 5.56 Å². The van der Waals surface area contributed by atoms with Crippen LogP contribution in [-0.4, -0.2) is 0 Å². The normalized spacial score (nSPS) is 10.5. The van der Waals surface area contributed by atoms with E-state index < -0.39 is 11.6 Å². The van der Waals surface area contributed by atoms with E-state index >= 15 is 0 Å². The molecule has 0 aliphatic heterocycles. The average Bonchev–Trinajstić information content (AvgIpc) is 2.59. The van der Waals surface area contributed by atoms with Crippen molar-refractivity contribution >= 4 is 5.69 Å². The van der Waals surface area contributed by atoms with Crippen LogP contribution in [0.5, 0.6) is 5.75 Å². The van der Waals surface area contributed by atoms with Gasteiger partial charge in [-0.05, 0) is 35.4 Å². The molecule has 2 N–H and O–H groups in total. The van der Waals surface area contributed by atoms with Gasteiger partial charge < -0.3 is 10.5 Å². The first kappa shape index (κ1) is 15.0.